The molecule has 2 rings (SSSR count). The van der Waals surface area contributed by atoms with Crippen molar-refractivity contribution in [1.82, 2.24) is 10.2 Å². The predicted molar refractivity (Wildman–Crippen MR) is 71.5 cm³/mol. The minimum absolute atomic E-state index is 0.162. The van der Waals surface area contributed by atoms with Crippen molar-refractivity contribution in [2.45, 2.75) is 25.9 Å². The zero-order chi connectivity index (χ0) is 12.5. The molecule has 0 amide bonds. The van der Waals surface area contributed by atoms with Crippen LogP contribution >= 0.6 is 15.9 Å². The number of nitrogens with zero attached hydrogens (tertiary/aromatic N) is 1. The molecule has 4 heteroatoms. The summed E-state index contributed by atoms with van der Waals surface area (Å²) in [4.78, 5) is 2.40. The van der Waals surface area contributed by atoms with Gasteiger partial charge in [-0.25, -0.2) is 4.39 Å². The van der Waals surface area contributed by atoms with E-state index in [4.69, 9.17) is 0 Å². The quantitative estimate of drug-likeness (QED) is 0.903. The van der Waals surface area contributed by atoms with E-state index in [9.17, 15) is 4.39 Å². The molecule has 0 spiro atoms. The molecule has 0 aliphatic carbocycles. The van der Waals surface area contributed by atoms with Crippen LogP contribution in [-0.4, -0.2) is 30.1 Å². The van der Waals surface area contributed by atoms with Gasteiger partial charge in [0, 0.05) is 31.7 Å². The minimum Gasteiger partial charge on any atom is -0.309 e. The molecule has 0 atom stereocenters. The van der Waals surface area contributed by atoms with E-state index in [2.05, 4.69) is 40.0 Å². The van der Waals surface area contributed by atoms with Gasteiger partial charge in [-0.3, -0.25) is 4.90 Å². The van der Waals surface area contributed by atoms with E-state index in [1.165, 1.54) is 6.07 Å². The van der Waals surface area contributed by atoms with Crippen molar-refractivity contribution in [3.8, 4) is 0 Å². The largest absolute Gasteiger partial charge is 0.309 e. The summed E-state index contributed by atoms with van der Waals surface area (Å²) >= 11 is 3.23. The fourth-order valence-corrected chi connectivity index (χ4v) is 2.70. The van der Waals surface area contributed by atoms with Crippen LogP contribution in [-0.2, 0) is 6.54 Å². The lowest BCUT2D eigenvalue weighted by Gasteiger charge is -2.39. The Kier molecular flexibility index (Phi) is 3.85. The summed E-state index contributed by atoms with van der Waals surface area (Å²) in [5.74, 6) is -0.200. The molecule has 1 heterocycles. The highest BCUT2D eigenvalue weighted by Crippen LogP contribution is 2.19. The molecule has 0 bridgehead atoms. The Hall–Kier alpha value is -0.450. The maximum Gasteiger partial charge on any atom is 0.137 e. The van der Waals surface area contributed by atoms with Gasteiger partial charge in [0.25, 0.3) is 0 Å². The summed E-state index contributed by atoms with van der Waals surface area (Å²) < 4.78 is 13.7. The van der Waals surface area contributed by atoms with E-state index < -0.39 is 0 Å². The second-order valence-corrected chi connectivity index (χ2v) is 6.12. The number of hydrogen-bond acceptors (Lipinski definition) is 2. The second-order valence-electron chi connectivity index (χ2n) is 5.27. The molecule has 94 valence electrons. The zero-order valence-corrected chi connectivity index (χ0v) is 11.8. The van der Waals surface area contributed by atoms with Gasteiger partial charge in [0.1, 0.15) is 5.82 Å². The van der Waals surface area contributed by atoms with Crippen LogP contribution in [0.15, 0.2) is 22.7 Å². The van der Waals surface area contributed by atoms with Crippen molar-refractivity contribution >= 4 is 15.9 Å². The smallest absolute Gasteiger partial charge is 0.137 e. The highest BCUT2D eigenvalue weighted by Gasteiger charge is 2.25. The van der Waals surface area contributed by atoms with Crippen LogP contribution in [0, 0.1) is 5.82 Å². The van der Waals surface area contributed by atoms with E-state index in [1.807, 2.05) is 12.1 Å². The lowest BCUT2D eigenvalue weighted by atomic mass is 10.0. The SMILES string of the molecule is CC1(C)CN(Cc2ccc(F)c(Br)c2)CCN1. The molecule has 0 radical (unpaired) electrons. The Morgan fingerprint density at radius 3 is 2.88 bits per heavy atom. The van der Waals surface area contributed by atoms with Gasteiger partial charge < -0.3 is 5.32 Å². The molecule has 2 nitrogen and oxygen atoms in total. The molecule has 1 aliphatic rings. The summed E-state index contributed by atoms with van der Waals surface area (Å²) in [6.07, 6.45) is 0. The number of rotatable bonds is 2. The molecular formula is C13H18BrFN2. The summed E-state index contributed by atoms with van der Waals surface area (Å²) in [6, 6.07) is 5.24. The Morgan fingerprint density at radius 2 is 2.24 bits per heavy atom. The van der Waals surface area contributed by atoms with Crippen LogP contribution in [0.2, 0.25) is 0 Å². The molecule has 1 aliphatic heterocycles. The van der Waals surface area contributed by atoms with Gasteiger partial charge in [-0.05, 0) is 47.5 Å². The van der Waals surface area contributed by atoms with Crippen LogP contribution in [0.25, 0.3) is 0 Å². The maximum atomic E-state index is 13.1. The normalized spacial score (nSPS) is 20.5. The molecule has 1 saturated heterocycles. The van der Waals surface area contributed by atoms with Crippen LogP contribution < -0.4 is 5.32 Å². The Labute approximate surface area is 110 Å². The molecule has 1 N–H and O–H groups in total. The van der Waals surface area contributed by atoms with Gasteiger partial charge in [0.05, 0.1) is 4.47 Å². The lowest BCUT2D eigenvalue weighted by Crippen LogP contribution is -2.56. The second kappa shape index (κ2) is 5.04. The molecule has 0 aromatic heterocycles. The number of nitrogens with one attached hydrogen (secondary N) is 1. The van der Waals surface area contributed by atoms with Crippen LogP contribution in [0.4, 0.5) is 4.39 Å². The number of hydrogen-bond donors (Lipinski definition) is 1. The zero-order valence-electron chi connectivity index (χ0n) is 10.3. The minimum atomic E-state index is -0.200. The van der Waals surface area contributed by atoms with Crippen LogP contribution in [0.1, 0.15) is 19.4 Å². The molecule has 1 aromatic rings. The molecule has 0 unspecified atom stereocenters. The third kappa shape index (κ3) is 3.50. The summed E-state index contributed by atoms with van der Waals surface area (Å²) in [7, 11) is 0. The lowest BCUT2D eigenvalue weighted by molar-refractivity contribution is 0.148. The van der Waals surface area contributed by atoms with E-state index in [-0.39, 0.29) is 11.4 Å². The first kappa shape index (κ1) is 13.0. The Morgan fingerprint density at radius 1 is 1.47 bits per heavy atom. The van der Waals surface area contributed by atoms with Crippen molar-refractivity contribution in [3.05, 3.63) is 34.1 Å². The molecular weight excluding hydrogens is 283 g/mol. The third-order valence-corrected chi connectivity index (χ3v) is 3.65. The predicted octanol–water partition coefficient (Wildman–Crippen LogP) is 2.77. The molecule has 1 aromatic carbocycles. The summed E-state index contributed by atoms with van der Waals surface area (Å²) in [5.41, 5.74) is 1.31. The van der Waals surface area contributed by atoms with E-state index >= 15 is 0 Å². The summed E-state index contributed by atoms with van der Waals surface area (Å²) in [5, 5.41) is 3.48. The standard InChI is InChI=1S/C13H18BrFN2/c1-13(2)9-17(6-5-16-13)8-10-3-4-12(15)11(14)7-10/h3-4,7,16H,5-6,8-9H2,1-2H3. The monoisotopic (exact) mass is 300 g/mol. The van der Waals surface area contributed by atoms with E-state index in [0.717, 1.165) is 31.7 Å². The molecule has 17 heavy (non-hydrogen) atoms. The molecule has 0 saturated carbocycles. The number of benzene rings is 1. The number of piperazine rings is 1. The van der Waals surface area contributed by atoms with Crippen molar-refractivity contribution in [3.63, 3.8) is 0 Å². The molecule has 1 fully saturated rings. The first-order valence-corrected chi connectivity index (χ1v) is 6.67. The number of halogens is 2. The van der Waals surface area contributed by atoms with Gasteiger partial charge in [-0.15, -0.1) is 0 Å². The van der Waals surface area contributed by atoms with Crippen molar-refractivity contribution in [2.75, 3.05) is 19.6 Å². The topological polar surface area (TPSA) is 15.3 Å². The first-order valence-electron chi connectivity index (χ1n) is 5.88. The highest BCUT2D eigenvalue weighted by atomic mass is 79.9. The fraction of sp³-hybridized carbons (Fsp3) is 0.538. The van der Waals surface area contributed by atoms with Crippen LogP contribution in [0.3, 0.4) is 0 Å². The van der Waals surface area contributed by atoms with E-state index in [0.29, 0.717) is 4.47 Å². The fourth-order valence-electron chi connectivity index (χ4n) is 2.28. The van der Waals surface area contributed by atoms with Crippen LogP contribution in [0.5, 0.6) is 0 Å². The first-order chi connectivity index (χ1) is 7.96. The average Bonchev–Trinajstić information content (AvgIpc) is 2.22. The van der Waals surface area contributed by atoms with Gasteiger partial charge in [-0.1, -0.05) is 6.07 Å². The van der Waals surface area contributed by atoms with Crippen molar-refractivity contribution < 1.29 is 4.39 Å². The average molecular weight is 301 g/mol. The van der Waals surface area contributed by atoms with Gasteiger partial charge in [0.2, 0.25) is 0 Å². The Balaban J connectivity index is 2.03. The van der Waals surface area contributed by atoms with Gasteiger partial charge in [0.15, 0.2) is 0 Å². The van der Waals surface area contributed by atoms with Gasteiger partial charge >= 0.3 is 0 Å². The maximum absolute atomic E-state index is 13.1. The van der Waals surface area contributed by atoms with Crippen molar-refractivity contribution in [1.29, 1.82) is 0 Å². The third-order valence-electron chi connectivity index (χ3n) is 3.04. The Bertz CT molecular complexity index is 406. The van der Waals surface area contributed by atoms with E-state index in [1.54, 1.807) is 0 Å². The van der Waals surface area contributed by atoms with Crippen molar-refractivity contribution in [2.24, 2.45) is 0 Å². The summed E-state index contributed by atoms with van der Waals surface area (Å²) in [6.45, 7) is 8.36. The highest BCUT2D eigenvalue weighted by molar-refractivity contribution is 9.10. The van der Waals surface area contributed by atoms with Gasteiger partial charge in [-0.2, -0.15) is 0 Å².